The SMILES string of the molecule is O=C(O)C=C[C@@H](CF)NC(=O)c1ccccc1. The molecule has 5 heteroatoms. The standard InChI is InChI=1S/C12H12FNO3/c13-8-10(6-7-11(15)16)14-12(17)9-4-2-1-3-5-9/h1-7,10H,8H2,(H,14,17)(H,15,16)/t10-/m0/s1. The van der Waals surface area contributed by atoms with E-state index in [1.165, 1.54) is 0 Å². The van der Waals surface area contributed by atoms with Crippen LogP contribution in [-0.2, 0) is 4.79 Å². The Morgan fingerprint density at radius 3 is 2.53 bits per heavy atom. The Labute approximate surface area is 97.8 Å². The maximum Gasteiger partial charge on any atom is 0.328 e. The molecule has 0 spiro atoms. The highest BCUT2D eigenvalue weighted by atomic mass is 19.1. The summed E-state index contributed by atoms with van der Waals surface area (Å²) in [6.45, 7) is -0.859. The second kappa shape index (κ2) is 6.42. The maximum atomic E-state index is 12.5. The van der Waals surface area contributed by atoms with Gasteiger partial charge in [0, 0.05) is 11.6 Å². The van der Waals surface area contributed by atoms with E-state index in [9.17, 15) is 14.0 Å². The third kappa shape index (κ3) is 4.46. The second-order valence-electron chi connectivity index (χ2n) is 3.30. The fraction of sp³-hybridized carbons (Fsp3) is 0.167. The lowest BCUT2D eigenvalue weighted by Gasteiger charge is -2.10. The summed E-state index contributed by atoms with van der Waals surface area (Å²) in [7, 11) is 0. The van der Waals surface area contributed by atoms with Gasteiger partial charge in [0.15, 0.2) is 0 Å². The van der Waals surface area contributed by atoms with Crippen LogP contribution in [0.15, 0.2) is 42.5 Å². The number of carbonyl (C=O) groups excluding carboxylic acids is 1. The van der Waals surface area contributed by atoms with Gasteiger partial charge in [-0.1, -0.05) is 24.3 Å². The minimum atomic E-state index is -1.18. The average molecular weight is 237 g/mol. The molecule has 0 fully saturated rings. The van der Waals surface area contributed by atoms with Gasteiger partial charge in [0.1, 0.15) is 6.67 Å². The first kappa shape index (κ1) is 12.9. The smallest absolute Gasteiger partial charge is 0.328 e. The van der Waals surface area contributed by atoms with Crippen molar-refractivity contribution in [2.45, 2.75) is 6.04 Å². The Kier molecular flexibility index (Phi) is 4.87. The molecular formula is C12H12FNO3. The number of alkyl halides is 1. The van der Waals surface area contributed by atoms with E-state index in [4.69, 9.17) is 5.11 Å². The highest BCUT2D eigenvalue weighted by Crippen LogP contribution is 1.99. The topological polar surface area (TPSA) is 66.4 Å². The Balaban J connectivity index is 2.63. The zero-order valence-corrected chi connectivity index (χ0v) is 8.97. The van der Waals surface area contributed by atoms with Crippen LogP contribution in [0.25, 0.3) is 0 Å². The van der Waals surface area contributed by atoms with E-state index in [2.05, 4.69) is 5.32 Å². The van der Waals surface area contributed by atoms with E-state index in [1.54, 1.807) is 30.3 Å². The molecule has 90 valence electrons. The molecule has 1 amide bonds. The third-order valence-electron chi connectivity index (χ3n) is 1.99. The van der Waals surface area contributed by atoms with E-state index < -0.39 is 24.6 Å². The van der Waals surface area contributed by atoms with Crippen molar-refractivity contribution in [1.82, 2.24) is 5.32 Å². The molecule has 0 bridgehead atoms. The van der Waals surface area contributed by atoms with Gasteiger partial charge >= 0.3 is 5.97 Å². The monoisotopic (exact) mass is 237 g/mol. The Hall–Kier alpha value is -2.17. The molecule has 1 aromatic carbocycles. The number of carboxylic acid groups (broad SMARTS) is 1. The highest BCUT2D eigenvalue weighted by molar-refractivity contribution is 5.94. The fourth-order valence-corrected chi connectivity index (χ4v) is 1.18. The molecule has 0 aliphatic rings. The molecule has 0 aromatic heterocycles. The molecule has 4 nitrogen and oxygen atoms in total. The summed E-state index contributed by atoms with van der Waals surface area (Å²) in [5.41, 5.74) is 0.398. The quantitative estimate of drug-likeness (QED) is 0.760. The molecule has 0 aliphatic carbocycles. The Morgan fingerprint density at radius 2 is 2.00 bits per heavy atom. The van der Waals surface area contributed by atoms with Crippen LogP contribution < -0.4 is 5.32 Å². The van der Waals surface area contributed by atoms with Gasteiger partial charge in [-0.15, -0.1) is 0 Å². The summed E-state index contributed by atoms with van der Waals surface area (Å²) >= 11 is 0. The van der Waals surface area contributed by atoms with Crippen LogP contribution in [0.1, 0.15) is 10.4 Å². The van der Waals surface area contributed by atoms with Gasteiger partial charge in [0.2, 0.25) is 0 Å². The molecule has 0 saturated carbocycles. The lowest BCUT2D eigenvalue weighted by molar-refractivity contribution is -0.131. The molecule has 0 heterocycles. The van der Waals surface area contributed by atoms with Crippen LogP contribution in [0, 0.1) is 0 Å². The lowest BCUT2D eigenvalue weighted by Crippen LogP contribution is -2.35. The van der Waals surface area contributed by atoms with Gasteiger partial charge < -0.3 is 10.4 Å². The summed E-state index contributed by atoms with van der Waals surface area (Å²) in [4.78, 5) is 21.9. The molecule has 1 rings (SSSR count). The minimum absolute atomic E-state index is 0.398. The van der Waals surface area contributed by atoms with Gasteiger partial charge in [-0.25, -0.2) is 9.18 Å². The van der Waals surface area contributed by atoms with Crippen molar-refractivity contribution in [3.05, 3.63) is 48.0 Å². The number of carboxylic acids is 1. The molecule has 17 heavy (non-hydrogen) atoms. The first-order chi connectivity index (χ1) is 8.13. The predicted octanol–water partition coefficient (Wildman–Crippen LogP) is 1.40. The van der Waals surface area contributed by atoms with Crippen LogP contribution in [0.5, 0.6) is 0 Å². The number of nitrogens with one attached hydrogen (secondary N) is 1. The van der Waals surface area contributed by atoms with Crippen LogP contribution in [0.2, 0.25) is 0 Å². The van der Waals surface area contributed by atoms with Crippen molar-refractivity contribution in [2.24, 2.45) is 0 Å². The molecule has 1 atom stereocenters. The Bertz CT molecular complexity index is 417. The van der Waals surface area contributed by atoms with Gasteiger partial charge in [0.05, 0.1) is 6.04 Å². The average Bonchev–Trinajstić information content (AvgIpc) is 2.35. The number of carbonyl (C=O) groups is 2. The predicted molar refractivity (Wildman–Crippen MR) is 60.4 cm³/mol. The zero-order valence-electron chi connectivity index (χ0n) is 8.97. The molecule has 1 aromatic rings. The molecule has 2 N–H and O–H groups in total. The molecule has 0 unspecified atom stereocenters. The summed E-state index contributed by atoms with van der Waals surface area (Å²) < 4.78 is 12.5. The largest absolute Gasteiger partial charge is 0.478 e. The lowest BCUT2D eigenvalue weighted by atomic mass is 10.2. The molecule has 0 saturated heterocycles. The number of amides is 1. The normalized spacial score (nSPS) is 12.3. The zero-order chi connectivity index (χ0) is 12.7. The Morgan fingerprint density at radius 1 is 1.35 bits per heavy atom. The van der Waals surface area contributed by atoms with Gasteiger partial charge in [0.25, 0.3) is 5.91 Å². The van der Waals surface area contributed by atoms with E-state index in [1.807, 2.05) is 0 Å². The van der Waals surface area contributed by atoms with E-state index in [-0.39, 0.29) is 0 Å². The number of rotatable bonds is 5. The first-order valence-corrected chi connectivity index (χ1v) is 4.96. The maximum absolute atomic E-state index is 12.5. The third-order valence-corrected chi connectivity index (χ3v) is 1.99. The second-order valence-corrected chi connectivity index (χ2v) is 3.30. The summed E-state index contributed by atoms with van der Waals surface area (Å²) in [6, 6.07) is 7.38. The van der Waals surface area contributed by atoms with Crippen molar-refractivity contribution in [3.8, 4) is 0 Å². The summed E-state index contributed by atoms with van der Waals surface area (Å²) in [5, 5.41) is 10.8. The number of halogens is 1. The van der Waals surface area contributed by atoms with Crippen molar-refractivity contribution < 1.29 is 19.1 Å². The number of hydrogen-bond acceptors (Lipinski definition) is 2. The number of aliphatic carboxylic acids is 1. The highest BCUT2D eigenvalue weighted by Gasteiger charge is 2.10. The van der Waals surface area contributed by atoms with Crippen molar-refractivity contribution in [2.75, 3.05) is 6.67 Å². The van der Waals surface area contributed by atoms with Crippen molar-refractivity contribution >= 4 is 11.9 Å². The number of hydrogen-bond donors (Lipinski definition) is 2. The fourth-order valence-electron chi connectivity index (χ4n) is 1.18. The van der Waals surface area contributed by atoms with Gasteiger partial charge in [-0.3, -0.25) is 4.79 Å². The first-order valence-electron chi connectivity index (χ1n) is 4.96. The van der Waals surface area contributed by atoms with E-state index in [0.29, 0.717) is 5.56 Å². The minimum Gasteiger partial charge on any atom is -0.478 e. The number of benzene rings is 1. The molecular weight excluding hydrogens is 225 g/mol. The summed E-state index contributed by atoms with van der Waals surface area (Å²) in [6.07, 6.45) is 1.90. The van der Waals surface area contributed by atoms with Crippen LogP contribution in [-0.4, -0.2) is 29.7 Å². The van der Waals surface area contributed by atoms with Crippen LogP contribution >= 0.6 is 0 Å². The van der Waals surface area contributed by atoms with Crippen molar-refractivity contribution in [3.63, 3.8) is 0 Å². The van der Waals surface area contributed by atoms with Gasteiger partial charge in [-0.05, 0) is 12.1 Å². The van der Waals surface area contributed by atoms with Crippen molar-refractivity contribution in [1.29, 1.82) is 0 Å². The van der Waals surface area contributed by atoms with E-state index in [0.717, 1.165) is 12.2 Å². The summed E-state index contributed by atoms with van der Waals surface area (Å²) in [5.74, 6) is -1.62. The molecule has 0 radical (unpaired) electrons. The van der Waals surface area contributed by atoms with Crippen LogP contribution in [0.3, 0.4) is 0 Å². The van der Waals surface area contributed by atoms with Crippen LogP contribution in [0.4, 0.5) is 4.39 Å². The van der Waals surface area contributed by atoms with E-state index >= 15 is 0 Å². The molecule has 0 aliphatic heterocycles. The van der Waals surface area contributed by atoms with Gasteiger partial charge in [-0.2, -0.15) is 0 Å².